The summed E-state index contributed by atoms with van der Waals surface area (Å²) in [6.07, 6.45) is 2.26. The second kappa shape index (κ2) is 8.31. The summed E-state index contributed by atoms with van der Waals surface area (Å²) in [6.45, 7) is 3.36. The number of esters is 1. The van der Waals surface area contributed by atoms with Gasteiger partial charge >= 0.3 is 5.97 Å². The number of nitrogens with one attached hydrogen (secondary N) is 1. The number of rotatable bonds is 6. The van der Waals surface area contributed by atoms with E-state index in [2.05, 4.69) is 5.32 Å². The maximum absolute atomic E-state index is 12.6. The van der Waals surface area contributed by atoms with E-state index in [0.29, 0.717) is 18.4 Å². The molecule has 1 aliphatic rings. The van der Waals surface area contributed by atoms with Crippen molar-refractivity contribution in [3.05, 3.63) is 16.0 Å². The van der Waals surface area contributed by atoms with Crippen LogP contribution in [0.3, 0.4) is 0 Å². The van der Waals surface area contributed by atoms with Crippen molar-refractivity contribution in [1.82, 2.24) is 0 Å². The number of hydrogen-bond donors (Lipinski definition) is 2. The molecule has 2 rings (SSSR count). The van der Waals surface area contributed by atoms with Gasteiger partial charge in [-0.3, -0.25) is 9.59 Å². The van der Waals surface area contributed by atoms with Crippen molar-refractivity contribution < 1.29 is 29.0 Å². The number of carbonyl (C=O) groups is 4. The van der Waals surface area contributed by atoms with E-state index in [4.69, 9.17) is 10.5 Å². The molecule has 26 heavy (non-hydrogen) atoms. The molecule has 3 N–H and O–H groups in total. The minimum atomic E-state index is -1.26. The third kappa shape index (κ3) is 4.04. The molecule has 1 aromatic heterocycles. The summed E-state index contributed by atoms with van der Waals surface area (Å²) in [7, 11) is 0. The van der Waals surface area contributed by atoms with Gasteiger partial charge in [0.25, 0.3) is 5.91 Å². The second-order valence-electron chi connectivity index (χ2n) is 6.15. The van der Waals surface area contributed by atoms with Crippen LogP contribution in [0.15, 0.2) is 0 Å². The van der Waals surface area contributed by atoms with Gasteiger partial charge < -0.3 is 25.7 Å². The molecule has 0 aliphatic heterocycles. The van der Waals surface area contributed by atoms with Crippen molar-refractivity contribution in [1.29, 1.82) is 0 Å². The summed E-state index contributed by atoms with van der Waals surface area (Å²) in [6, 6.07) is 0. The van der Waals surface area contributed by atoms with Gasteiger partial charge in [0.15, 0.2) is 0 Å². The highest BCUT2D eigenvalue weighted by molar-refractivity contribution is 7.18. The van der Waals surface area contributed by atoms with Gasteiger partial charge in [0.05, 0.1) is 12.2 Å². The molecule has 1 saturated carbocycles. The van der Waals surface area contributed by atoms with Gasteiger partial charge in [0.1, 0.15) is 9.88 Å². The molecule has 0 bridgehead atoms. The predicted molar refractivity (Wildman–Crippen MR) is 92.6 cm³/mol. The molecule has 0 aromatic carbocycles. The number of aliphatic carboxylic acids is 1. The lowest BCUT2D eigenvalue weighted by Gasteiger charge is -2.31. The zero-order valence-electron chi connectivity index (χ0n) is 14.6. The maximum atomic E-state index is 12.6. The van der Waals surface area contributed by atoms with Crippen molar-refractivity contribution >= 4 is 40.1 Å². The van der Waals surface area contributed by atoms with Crippen molar-refractivity contribution in [2.24, 2.45) is 17.6 Å². The summed E-state index contributed by atoms with van der Waals surface area (Å²) in [5.41, 5.74) is 5.76. The van der Waals surface area contributed by atoms with E-state index in [1.54, 1.807) is 13.8 Å². The minimum Gasteiger partial charge on any atom is -0.550 e. The molecule has 1 heterocycles. The zero-order chi connectivity index (χ0) is 19.4. The standard InChI is InChI=1S/C17H22N2O6S/c1-3-25-17(24)12-8(2)11(13(18)20)15(26-12)19-14(21)9-6-4-5-7-10(9)16(22)23/h9-10H,3-7H2,1-2H3,(H2,18,20)(H,19,21)(H,22,23)/p-1/t9-,10+/m0/s1. The van der Waals surface area contributed by atoms with Gasteiger partial charge in [-0.15, -0.1) is 11.3 Å². The number of thiophene rings is 1. The van der Waals surface area contributed by atoms with Gasteiger partial charge in [0, 0.05) is 17.8 Å². The van der Waals surface area contributed by atoms with E-state index < -0.39 is 35.6 Å². The summed E-state index contributed by atoms with van der Waals surface area (Å²) in [5, 5.41) is 14.0. The van der Waals surface area contributed by atoms with Crippen molar-refractivity contribution in [2.45, 2.75) is 39.5 Å². The van der Waals surface area contributed by atoms with Gasteiger partial charge in [-0.1, -0.05) is 12.8 Å². The highest BCUT2D eigenvalue weighted by Gasteiger charge is 2.33. The summed E-state index contributed by atoms with van der Waals surface area (Å²) >= 11 is 0.894. The van der Waals surface area contributed by atoms with Gasteiger partial charge in [-0.05, 0) is 32.3 Å². The Labute approximate surface area is 154 Å². The average molecular weight is 381 g/mol. The lowest BCUT2D eigenvalue weighted by molar-refractivity contribution is -0.313. The largest absolute Gasteiger partial charge is 0.550 e. The number of ether oxygens (including phenoxy) is 1. The number of carboxylic acids is 1. The molecular formula is C17H21N2O6S-. The van der Waals surface area contributed by atoms with Crippen LogP contribution in [-0.4, -0.2) is 30.4 Å². The van der Waals surface area contributed by atoms with E-state index in [1.807, 2.05) is 0 Å². The second-order valence-corrected chi connectivity index (χ2v) is 7.17. The Bertz CT molecular complexity index is 742. The van der Waals surface area contributed by atoms with Crippen LogP contribution < -0.4 is 16.2 Å². The number of primary amides is 1. The Morgan fingerprint density at radius 1 is 1.23 bits per heavy atom. The smallest absolute Gasteiger partial charge is 0.348 e. The number of anilines is 1. The summed E-state index contributed by atoms with van der Waals surface area (Å²) in [4.78, 5) is 47.9. The Morgan fingerprint density at radius 3 is 2.38 bits per heavy atom. The van der Waals surface area contributed by atoms with E-state index in [1.165, 1.54) is 0 Å². The third-order valence-corrected chi connectivity index (χ3v) is 5.68. The molecular weight excluding hydrogens is 360 g/mol. The van der Waals surface area contributed by atoms with Crippen LogP contribution >= 0.6 is 11.3 Å². The van der Waals surface area contributed by atoms with Gasteiger partial charge in [-0.25, -0.2) is 4.79 Å². The van der Waals surface area contributed by atoms with E-state index in [9.17, 15) is 24.3 Å². The fourth-order valence-electron chi connectivity index (χ4n) is 3.22. The lowest BCUT2D eigenvalue weighted by Crippen LogP contribution is -2.42. The van der Waals surface area contributed by atoms with Crippen molar-refractivity contribution in [2.75, 3.05) is 11.9 Å². The first-order valence-corrected chi connectivity index (χ1v) is 9.21. The van der Waals surface area contributed by atoms with E-state index in [0.717, 1.165) is 24.2 Å². The number of nitrogens with two attached hydrogens (primary N) is 1. The third-order valence-electron chi connectivity index (χ3n) is 4.50. The van der Waals surface area contributed by atoms with Crippen LogP contribution in [0.5, 0.6) is 0 Å². The summed E-state index contributed by atoms with van der Waals surface area (Å²) < 4.78 is 4.95. The maximum Gasteiger partial charge on any atom is 0.348 e. The monoisotopic (exact) mass is 381 g/mol. The van der Waals surface area contributed by atoms with Crippen molar-refractivity contribution in [3.63, 3.8) is 0 Å². The minimum absolute atomic E-state index is 0.0345. The summed E-state index contributed by atoms with van der Waals surface area (Å²) in [5.74, 6) is -4.78. The average Bonchev–Trinajstić information content (AvgIpc) is 2.91. The Balaban J connectivity index is 2.31. The molecule has 1 aromatic rings. The number of carbonyl (C=O) groups excluding carboxylic acids is 4. The first-order chi connectivity index (χ1) is 12.3. The molecule has 8 nitrogen and oxygen atoms in total. The highest BCUT2D eigenvalue weighted by Crippen LogP contribution is 2.36. The Hall–Kier alpha value is -2.42. The topological polar surface area (TPSA) is 139 Å². The molecule has 2 atom stereocenters. The first-order valence-electron chi connectivity index (χ1n) is 8.39. The molecule has 0 spiro atoms. The Morgan fingerprint density at radius 2 is 1.85 bits per heavy atom. The van der Waals surface area contributed by atoms with E-state index in [-0.39, 0.29) is 22.0 Å². The van der Waals surface area contributed by atoms with Crippen molar-refractivity contribution in [3.8, 4) is 0 Å². The van der Waals surface area contributed by atoms with Crippen LogP contribution in [-0.2, 0) is 14.3 Å². The molecule has 1 aliphatic carbocycles. The highest BCUT2D eigenvalue weighted by atomic mass is 32.1. The predicted octanol–water partition coefficient (Wildman–Crippen LogP) is 0.827. The van der Waals surface area contributed by atoms with E-state index >= 15 is 0 Å². The normalized spacial score (nSPS) is 19.6. The molecule has 0 unspecified atom stereocenters. The zero-order valence-corrected chi connectivity index (χ0v) is 15.4. The first kappa shape index (κ1) is 19.9. The van der Waals surface area contributed by atoms with Crippen LogP contribution in [0.2, 0.25) is 0 Å². The van der Waals surface area contributed by atoms with Crippen LogP contribution in [0, 0.1) is 18.8 Å². The Kier molecular flexibility index (Phi) is 6.36. The lowest BCUT2D eigenvalue weighted by atomic mass is 9.79. The van der Waals surface area contributed by atoms with Gasteiger partial charge in [-0.2, -0.15) is 0 Å². The number of amides is 2. The van der Waals surface area contributed by atoms with Crippen LogP contribution in [0.1, 0.15) is 58.2 Å². The molecule has 0 saturated heterocycles. The molecule has 0 radical (unpaired) electrons. The number of hydrogen-bond acceptors (Lipinski definition) is 7. The van der Waals surface area contributed by atoms with Crippen LogP contribution in [0.25, 0.3) is 0 Å². The van der Waals surface area contributed by atoms with Gasteiger partial charge in [0.2, 0.25) is 5.91 Å². The quantitative estimate of drug-likeness (QED) is 0.700. The molecule has 142 valence electrons. The van der Waals surface area contributed by atoms with Crippen LogP contribution in [0.4, 0.5) is 5.00 Å². The molecule has 2 amide bonds. The fraction of sp³-hybridized carbons (Fsp3) is 0.529. The molecule has 9 heteroatoms. The molecule has 1 fully saturated rings. The number of carboxylic acid groups (broad SMARTS) is 1. The fourth-order valence-corrected chi connectivity index (χ4v) is 4.33. The SMILES string of the molecule is CCOC(=O)c1sc(NC(=O)[C@H]2CCCC[C@H]2C(=O)[O-])c(C(N)=O)c1C.